The topological polar surface area (TPSA) is 38.4 Å². The molecule has 0 bridgehead atoms. The largest absolute Gasteiger partial charge is 0.405 e. The van der Waals surface area contributed by atoms with Crippen molar-refractivity contribution in [3.8, 4) is 0 Å². The fraction of sp³-hybridized carbons (Fsp3) is 0.444. The van der Waals surface area contributed by atoms with E-state index in [2.05, 4.69) is 11.9 Å². The van der Waals surface area contributed by atoms with Crippen LogP contribution in [0.2, 0.25) is 0 Å². The highest BCUT2D eigenvalue weighted by Gasteiger charge is 1.87. The molecule has 0 aliphatic carbocycles. The van der Waals surface area contributed by atoms with E-state index in [9.17, 15) is 0 Å². The van der Waals surface area contributed by atoms with E-state index in [0.29, 0.717) is 0 Å². The molecule has 0 fully saturated rings. The molecule has 0 amide bonds. The van der Waals surface area contributed by atoms with E-state index in [0.717, 1.165) is 12.1 Å². The number of nitrogens with zero attached hydrogens (tertiary/aromatic N) is 1. The molecule has 0 atom stereocenters. The predicted molar refractivity (Wildman–Crippen MR) is 50.7 cm³/mol. The van der Waals surface area contributed by atoms with Crippen LogP contribution in [0.1, 0.15) is 20.3 Å². The number of aliphatic imine (C=N–C) groups is 1. The summed E-state index contributed by atoms with van der Waals surface area (Å²) < 4.78 is 0. The lowest BCUT2D eigenvalue weighted by Gasteiger charge is -1.95. The third-order valence-corrected chi connectivity index (χ3v) is 1.47. The van der Waals surface area contributed by atoms with Gasteiger partial charge in [-0.1, -0.05) is 6.92 Å². The Morgan fingerprint density at radius 3 is 2.55 bits per heavy atom. The second-order valence-electron chi connectivity index (χ2n) is 2.30. The molecule has 2 N–H and O–H groups in total. The smallest absolute Gasteiger partial charge is 0.0316 e. The lowest BCUT2D eigenvalue weighted by molar-refractivity contribution is 1.15. The Bertz CT molecular complexity index is 188. The van der Waals surface area contributed by atoms with E-state index >= 15 is 0 Å². The molecular formula is C9H16N2. The second-order valence-corrected chi connectivity index (χ2v) is 2.30. The summed E-state index contributed by atoms with van der Waals surface area (Å²) in [6.07, 6.45) is 6.47. The molecule has 0 aromatic carbocycles. The van der Waals surface area contributed by atoms with Crippen LogP contribution in [-0.2, 0) is 0 Å². The van der Waals surface area contributed by atoms with Crippen LogP contribution in [0, 0.1) is 0 Å². The fourth-order valence-corrected chi connectivity index (χ4v) is 0.724. The lowest BCUT2D eigenvalue weighted by atomic mass is 10.1. The van der Waals surface area contributed by atoms with Crippen molar-refractivity contribution in [3.05, 3.63) is 23.9 Å². The molecule has 0 unspecified atom stereocenters. The highest BCUT2D eigenvalue weighted by Crippen LogP contribution is 2.01. The molecular weight excluding hydrogens is 136 g/mol. The van der Waals surface area contributed by atoms with Gasteiger partial charge in [-0.3, -0.25) is 4.99 Å². The number of hydrogen-bond donors (Lipinski definition) is 1. The quantitative estimate of drug-likeness (QED) is 0.486. The first kappa shape index (κ1) is 9.95. The van der Waals surface area contributed by atoms with Gasteiger partial charge in [-0.15, -0.1) is 0 Å². The van der Waals surface area contributed by atoms with Crippen LogP contribution in [0.5, 0.6) is 0 Å². The van der Waals surface area contributed by atoms with Gasteiger partial charge in [-0.25, -0.2) is 0 Å². The minimum atomic E-state index is 0.987. The maximum atomic E-state index is 5.26. The molecule has 2 heteroatoms. The Balaban J connectivity index is 4.35. The predicted octanol–water partition coefficient (Wildman–Crippen LogP) is 1.89. The summed E-state index contributed by atoms with van der Waals surface area (Å²) in [4.78, 5) is 4.02. The van der Waals surface area contributed by atoms with Crippen molar-refractivity contribution in [2.45, 2.75) is 20.3 Å². The summed E-state index contributed by atoms with van der Waals surface area (Å²) in [7, 11) is 1.78. The van der Waals surface area contributed by atoms with Crippen molar-refractivity contribution in [2.24, 2.45) is 10.7 Å². The molecule has 0 aliphatic heterocycles. The molecule has 0 rings (SSSR count). The molecule has 0 spiro atoms. The number of rotatable bonds is 3. The summed E-state index contributed by atoms with van der Waals surface area (Å²) in [6.45, 7) is 4.06. The zero-order valence-corrected chi connectivity index (χ0v) is 7.46. The third kappa shape index (κ3) is 4.37. The van der Waals surface area contributed by atoms with E-state index in [1.54, 1.807) is 13.2 Å². The monoisotopic (exact) mass is 152 g/mol. The van der Waals surface area contributed by atoms with Crippen molar-refractivity contribution in [1.29, 1.82) is 0 Å². The van der Waals surface area contributed by atoms with Gasteiger partial charge in [-0.05, 0) is 37.3 Å². The minimum absolute atomic E-state index is 0.987. The van der Waals surface area contributed by atoms with Crippen molar-refractivity contribution in [1.82, 2.24) is 0 Å². The second kappa shape index (κ2) is 5.71. The normalized spacial score (nSPS) is 14.5. The number of hydrogen-bond acceptors (Lipinski definition) is 2. The van der Waals surface area contributed by atoms with E-state index < -0.39 is 0 Å². The van der Waals surface area contributed by atoms with Gasteiger partial charge in [-0.2, -0.15) is 0 Å². The van der Waals surface area contributed by atoms with Gasteiger partial charge in [0.05, 0.1) is 0 Å². The highest BCUT2D eigenvalue weighted by atomic mass is 14.7. The Labute approximate surface area is 68.5 Å². The minimum Gasteiger partial charge on any atom is -0.405 e. The summed E-state index contributed by atoms with van der Waals surface area (Å²) in [6, 6.07) is 0. The number of allylic oxidation sites excluding steroid dienone is 3. The summed E-state index contributed by atoms with van der Waals surface area (Å²) in [5.74, 6) is 0. The summed E-state index contributed by atoms with van der Waals surface area (Å²) in [5, 5.41) is 0. The molecule has 2 nitrogen and oxygen atoms in total. The van der Waals surface area contributed by atoms with Crippen molar-refractivity contribution >= 4 is 5.71 Å². The Hall–Kier alpha value is -1.05. The van der Waals surface area contributed by atoms with Crippen LogP contribution >= 0.6 is 0 Å². The average molecular weight is 152 g/mol. The van der Waals surface area contributed by atoms with Crippen molar-refractivity contribution in [2.75, 3.05) is 7.05 Å². The van der Waals surface area contributed by atoms with E-state index in [1.807, 2.05) is 19.1 Å². The molecule has 62 valence electrons. The SMILES string of the molecule is CCC(C=CN)=CC(C)=NC. The van der Waals surface area contributed by atoms with Gasteiger partial charge < -0.3 is 5.73 Å². The van der Waals surface area contributed by atoms with Crippen LogP contribution in [0.4, 0.5) is 0 Å². The molecule has 0 saturated heterocycles. The first-order valence-electron chi connectivity index (χ1n) is 3.76. The first-order chi connectivity index (χ1) is 5.24. The van der Waals surface area contributed by atoms with E-state index in [-0.39, 0.29) is 0 Å². The van der Waals surface area contributed by atoms with Crippen LogP contribution in [0.15, 0.2) is 28.9 Å². The fourth-order valence-electron chi connectivity index (χ4n) is 0.724. The van der Waals surface area contributed by atoms with Gasteiger partial charge in [0.2, 0.25) is 0 Å². The Kier molecular flexibility index (Phi) is 5.17. The maximum Gasteiger partial charge on any atom is 0.0316 e. The zero-order chi connectivity index (χ0) is 8.69. The molecule has 0 radical (unpaired) electrons. The lowest BCUT2D eigenvalue weighted by Crippen LogP contribution is -1.88. The van der Waals surface area contributed by atoms with Crippen LogP contribution in [-0.4, -0.2) is 12.8 Å². The van der Waals surface area contributed by atoms with Gasteiger partial charge in [0, 0.05) is 12.8 Å². The van der Waals surface area contributed by atoms with E-state index in [4.69, 9.17) is 5.73 Å². The summed E-state index contributed by atoms with van der Waals surface area (Å²) in [5.41, 5.74) is 7.49. The van der Waals surface area contributed by atoms with Crippen LogP contribution in [0.25, 0.3) is 0 Å². The number of nitrogens with two attached hydrogens (primary N) is 1. The van der Waals surface area contributed by atoms with Crippen molar-refractivity contribution < 1.29 is 0 Å². The summed E-state index contributed by atoms with van der Waals surface area (Å²) >= 11 is 0. The maximum absolute atomic E-state index is 5.26. The molecule has 0 aromatic heterocycles. The Morgan fingerprint density at radius 2 is 2.18 bits per heavy atom. The van der Waals surface area contributed by atoms with Gasteiger partial charge in [0.25, 0.3) is 0 Å². The van der Waals surface area contributed by atoms with Gasteiger partial charge >= 0.3 is 0 Å². The molecule has 0 aromatic rings. The van der Waals surface area contributed by atoms with E-state index in [1.165, 1.54) is 5.57 Å². The van der Waals surface area contributed by atoms with Gasteiger partial charge in [0.1, 0.15) is 0 Å². The van der Waals surface area contributed by atoms with Crippen LogP contribution < -0.4 is 5.73 Å². The van der Waals surface area contributed by atoms with Crippen molar-refractivity contribution in [3.63, 3.8) is 0 Å². The molecule has 0 saturated carbocycles. The third-order valence-electron chi connectivity index (χ3n) is 1.47. The molecule has 0 heterocycles. The molecule has 11 heavy (non-hydrogen) atoms. The zero-order valence-electron chi connectivity index (χ0n) is 7.46. The van der Waals surface area contributed by atoms with Crippen LogP contribution in [0.3, 0.4) is 0 Å². The van der Waals surface area contributed by atoms with Gasteiger partial charge in [0.15, 0.2) is 0 Å². The molecule has 0 aliphatic rings. The first-order valence-corrected chi connectivity index (χ1v) is 3.76. The Morgan fingerprint density at radius 1 is 1.55 bits per heavy atom. The highest BCUT2D eigenvalue weighted by molar-refractivity contribution is 5.93. The standard InChI is InChI=1S/C9H16N2/c1-4-9(5-6-10)7-8(2)11-3/h5-7H,4,10H2,1-3H3. The average Bonchev–Trinajstić information content (AvgIpc) is 2.03.